The van der Waals surface area contributed by atoms with E-state index in [1.54, 1.807) is 0 Å². The van der Waals surface area contributed by atoms with Crippen LogP contribution in [-0.2, 0) is 0 Å². The molecule has 0 aliphatic rings. The van der Waals surface area contributed by atoms with E-state index in [4.69, 9.17) is 61.3 Å². The molecule has 0 bridgehead atoms. The number of nitrogens with zero attached hydrogens (tertiary/aromatic N) is 4. The third kappa shape index (κ3) is 10800. The number of hydrogen-bond donors (Lipinski definition) is 0. The quantitative estimate of drug-likeness (QED) is 0.224. The van der Waals surface area contributed by atoms with Crippen LogP contribution >= 0.6 is 0 Å². The van der Waals surface area contributed by atoms with Gasteiger partial charge in [0, 0.05) is 0 Å². The fourth-order valence-electron chi connectivity index (χ4n) is 0. The van der Waals surface area contributed by atoms with E-state index in [1.165, 1.54) is 0 Å². The van der Waals surface area contributed by atoms with Crippen LogP contribution in [0.5, 0.6) is 0 Å². The zero-order chi connectivity index (χ0) is 14.3. The summed E-state index contributed by atoms with van der Waals surface area (Å²) < 4.78 is 0. The van der Waals surface area contributed by atoms with E-state index in [1.807, 2.05) is 0 Å². The summed E-state index contributed by atoms with van der Waals surface area (Å²) in [6.45, 7) is 0. The van der Waals surface area contributed by atoms with Crippen molar-refractivity contribution in [2.45, 2.75) is 0 Å². The van der Waals surface area contributed by atoms with Gasteiger partial charge in [0.15, 0.2) is 0 Å². The Kier molecular flexibility index (Phi) is 81.6. The van der Waals surface area contributed by atoms with Crippen molar-refractivity contribution >= 4 is 37.7 Å². The smallest absolute Gasteiger partial charge is 0.356 e. The predicted molar refractivity (Wildman–Crippen MR) is 47.2 cm³/mol. The maximum atomic E-state index is 8.25. The summed E-state index contributed by atoms with van der Waals surface area (Å²) in [5.41, 5.74) is 0. The van der Waals surface area contributed by atoms with E-state index in [2.05, 4.69) is 0 Å². The first-order valence-electron chi connectivity index (χ1n) is 2.19. The van der Waals surface area contributed by atoms with Crippen molar-refractivity contribution in [3.63, 3.8) is 0 Å². The molecule has 0 saturated heterocycles. The monoisotopic (exact) mass is 350 g/mol. The molecule has 96 valence electrons. The molecule has 0 aliphatic carbocycles. The van der Waals surface area contributed by atoms with Gasteiger partial charge in [-0.15, -0.1) is 0 Å². The predicted octanol–water partition coefficient (Wildman–Crippen LogP) is -7.33. The standard InChI is InChI=1S/Ca.K.4NO3.Na/c;;4*2-1(3)4;/q+2;+1;4*-1;+1. The van der Waals surface area contributed by atoms with Gasteiger partial charge in [-0.2, -0.15) is 0 Å². The van der Waals surface area contributed by atoms with Crippen molar-refractivity contribution < 1.29 is 101 Å². The topological polar surface area (TPSA) is 265 Å². The summed E-state index contributed by atoms with van der Waals surface area (Å²) in [5.74, 6) is 0. The first-order chi connectivity index (χ1) is 6.93. The molecule has 0 aliphatic heterocycles. The molecule has 16 nitrogen and oxygen atoms in total. The van der Waals surface area contributed by atoms with E-state index in [9.17, 15) is 0 Å². The summed E-state index contributed by atoms with van der Waals surface area (Å²) in [7, 11) is 0. The Labute approximate surface area is 196 Å². The van der Waals surface area contributed by atoms with Crippen LogP contribution in [0.25, 0.3) is 0 Å². The molecule has 19 heavy (non-hydrogen) atoms. The third-order valence-corrected chi connectivity index (χ3v) is 0. The Morgan fingerprint density at radius 1 is 0.474 bits per heavy atom. The van der Waals surface area contributed by atoms with E-state index in [0.29, 0.717) is 0 Å². The van der Waals surface area contributed by atoms with E-state index in [-0.39, 0.29) is 119 Å². The van der Waals surface area contributed by atoms with Crippen molar-refractivity contribution in [2.24, 2.45) is 0 Å². The molecule has 0 heterocycles. The third-order valence-electron chi connectivity index (χ3n) is 0. The van der Waals surface area contributed by atoms with Crippen molar-refractivity contribution in [2.75, 3.05) is 0 Å². The molecule has 0 aromatic heterocycles. The van der Waals surface area contributed by atoms with Gasteiger partial charge in [0.05, 0.1) is 20.3 Å². The second-order valence-electron chi connectivity index (χ2n) is 0.894. The van der Waals surface area contributed by atoms with Crippen LogP contribution in [0.1, 0.15) is 0 Å². The van der Waals surface area contributed by atoms with Crippen LogP contribution in [0.2, 0.25) is 0 Å². The molecule has 0 N–H and O–H groups in total. The van der Waals surface area contributed by atoms with Crippen molar-refractivity contribution in [3.8, 4) is 0 Å². The van der Waals surface area contributed by atoms with Crippen LogP contribution in [0.15, 0.2) is 0 Å². The fourth-order valence-corrected chi connectivity index (χ4v) is 0. The molecule has 0 saturated carbocycles. The first-order valence-corrected chi connectivity index (χ1v) is 2.19. The minimum atomic E-state index is -1.75. The molecule has 0 fully saturated rings. The van der Waals surface area contributed by atoms with Gasteiger partial charge in [0.25, 0.3) is 0 Å². The van der Waals surface area contributed by atoms with Gasteiger partial charge in [-0.05, 0) is 0 Å². The van der Waals surface area contributed by atoms with Gasteiger partial charge in [0.1, 0.15) is 0 Å². The van der Waals surface area contributed by atoms with E-state index in [0.717, 1.165) is 0 Å². The molecule has 0 aromatic carbocycles. The van der Waals surface area contributed by atoms with Crippen molar-refractivity contribution in [1.29, 1.82) is 0 Å². The first kappa shape index (κ1) is 42.7. The molecule has 0 aromatic rings. The van der Waals surface area contributed by atoms with Crippen LogP contribution in [0.4, 0.5) is 0 Å². The van der Waals surface area contributed by atoms with E-state index < -0.39 is 20.3 Å². The molecule has 0 rings (SSSR count). The van der Waals surface area contributed by atoms with Crippen LogP contribution in [-0.4, -0.2) is 58.1 Å². The fraction of sp³-hybridized carbons (Fsp3) is 0. The average molecular weight is 350 g/mol. The molecule has 0 unspecified atom stereocenters. The molecule has 0 spiro atoms. The largest absolute Gasteiger partial charge is 2.00 e. The van der Waals surface area contributed by atoms with Crippen LogP contribution < -0.4 is 80.9 Å². The molecule has 0 radical (unpaired) electrons. The van der Waals surface area contributed by atoms with Gasteiger partial charge in [-0.1, -0.05) is 0 Å². The maximum Gasteiger partial charge on any atom is 2.00 e. The maximum absolute atomic E-state index is 8.25. The number of hydrogen-bond acceptors (Lipinski definition) is 12. The van der Waals surface area contributed by atoms with Gasteiger partial charge in [-0.25, -0.2) is 0 Å². The normalized spacial score (nSPS) is 5.05. The van der Waals surface area contributed by atoms with Crippen LogP contribution in [0.3, 0.4) is 0 Å². The summed E-state index contributed by atoms with van der Waals surface area (Å²) in [5, 5.41) is 59.0. The van der Waals surface area contributed by atoms with Crippen molar-refractivity contribution in [3.05, 3.63) is 61.3 Å². The summed E-state index contributed by atoms with van der Waals surface area (Å²) in [6, 6.07) is 0. The zero-order valence-corrected chi connectivity index (χ0v) is 16.7. The van der Waals surface area contributed by atoms with Gasteiger partial charge in [-0.3, -0.25) is 0 Å². The van der Waals surface area contributed by atoms with Crippen molar-refractivity contribution in [1.82, 2.24) is 0 Å². The van der Waals surface area contributed by atoms with E-state index >= 15 is 0 Å². The summed E-state index contributed by atoms with van der Waals surface area (Å²) in [6.07, 6.45) is 0. The molecular formula is CaKN4NaO12. The SMILES string of the molecule is O=[N+]([O-])[O-].O=[N+]([O-])[O-].O=[N+]([O-])[O-].O=[N+]([O-])[O-].[Ca+2].[K+].[Na+]. The molecule has 19 heteroatoms. The van der Waals surface area contributed by atoms with Crippen LogP contribution in [0, 0.1) is 61.3 Å². The average Bonchev–Trinajstić information content (AvgIpc) is 1.76. The second kappa shape index (κ2) is 36.3. The Morgan fingerprint density at radius 3 is 0.474 bits per heavy atom. The summed E-state index contributed by atoms with van der Waals surface area (Å²) in [4.78, 5) is 33.0. The van der Waals surface area contributed by atoms with Gasteiger partial charge in [0.2, 0.25) is 0 Å². The molecule has 0 atom stereocenters. The van der Waals surface area contributed by atoms with Gasteiger partial charge < -0.3 is 61.3 Å². The molecular weight excluding hydrogens is 350 g/mol. The minimum Gasteiger partial charge on any atom is -0.356 e. The minimum absolute atomic E-state index is 0. The Morgan fingerprint density at radius 2 is 0.474 bits per heavy atom. The van der Waals surface area contributed by atoms with Gasteiger partial charge >= 0.3 is 119 Å². The Balaban J connectivity index is -0.0000000192. The molecule has 0 amide bonds. The second-order valence-corrected chi connectivity index (χ2v) is 0.894. The number of rotatable bonds is 0. The Bertz CT molecular complexity index is 170. The zero-order valence-electron chi connectivity index (χ0n) is 9.39. The summed E-state index contributed by atoms with van der Waals surface area (Å²) >= 11 is 0. The Hall–Kier alpha value is 0.696.